The van der Waals surface area contributed by atoms with E-state index in [1.54, 1.807) is 12.1 Å². The molecule has 0 aliphatic heterocycles. The average Bonchev–Trinajstić information content (AvgIpc) is 2.05. The molecule has 1 aromatic carbocycles. The fraction of sp³-hybridized carbons (Fsp3) is 0. The Morgan fingerprint density at radius 3 is 2.36 bits per heavy atom. The smallest absolute Gasteiger partial charge is 0.175 e. The van der Waals surface area contributed by atoms with Crippen molar-refractivity contribution in [2.75, 3.05) is 0 Å². The fourth-order valence-corrected chi connectivity index (χ4v) is 1.04. The Hall–Kier alpha value is -0.540. The Morgan fingerprint density at radius 1 is 1.36 bits per heavy atom. The zero-order chi connectivity index (χ0) is 8.27. The van der Waals surface area contributed by atoms with Gasteiger partial charge in [0.2, 0.25) is 0 Å². The maximum Gasteiger partial charge on any atom is 0.175 e. The Kier molecular flexibility index (Phi) is 2.91. The van der Waals surface area contributed by atoms with Crippen molar-refractivity contribution in [3.8, 4) is 0 Å². The maximum absolute atomic E-state index is 8.30. The second-order valence-electron chi connectivity index (χ2n) is 1.90. The van der Waals surface area contributed by atoms with Crippen LogP contribution in [0.3, 0.4) is 0 Å². The maximum atomic E-state index is 8.30. The van der Waals surface area contributed by atoms with Crippen LogP contribution >= 0.6 is 27.5 Å². The van der Waals surface area contributed by atoms with Crippen molar-refractivity contribution in [3.05, 3.63) is 34.3 Å². The van der Waals surface area contributed by atoms with Gasteiger partial charge >= 0.3 is 0 Å². The van der Waals surface area contributed by atoms with Gasteiger partial charge in [0.1, 0.15) is 0 Å². The van der Waals surface area contributed by atoms with Gasteiger partial charge in [0.25, 0.3) is 0 Å². The average molecular weight is 234 g/mol. The van der Waals surface area contributed by atoms with Crippen LogP contribution in [0.2, 0.25) is 0 Å². The molecule has 1 aromatic rings. The number of halogens is 2. The molecule has 4 heteroatoms. The Morgan fingerprint density at radius 2 is 1.91 bits per heavy atom. The number of hydrogen-bond donors (Lipinski definition) is 1. The lowest BCUT2D eigenvalue weighted by Crippen LogP contribution is -1.89. The third-order valence-electron chi connectivity index (χ3n) is 1.17. The summed E-state index contributed by atoms with van der Waals surface area (Å²) in [6.45, 7) is 0. The van der Waals surface area contributed by atoms with E-state index in [-0.39, 0.29) is 5.17 Å². The quantitative estimate of drug-likeness (QED) is 0.452. The van der Waals surface area contributed by atoms with Crippen molar-refractivity contribution in [1.29, 1.82) is 0 Å². The lowest BCUT2D eigenvalue weighted by atomic mass is 10.2. The van der Waals surface area contributed by atoms with Crippen molar-refractivity contribution < 1.29 is 5.21 Å². The second-order valence-corrected chi connectivity index (χ2v) is 3.17. The first-order valence-corrected chi connectivity index (χ1v) is 4.04. The first-order chi connectivity index (χ1) is 5.24. The molecule has 1 rings (SSSR count). The number of benzene rings is 1. The number of rotatable bonds is 1. The first-order valence-electron chi connectivity index (χ1n) is 2.87. The van der Waals surface area contributed by atoms with Gasteiger partial charge in [-0.25, -0.2) is 0 Å². The summed E-state index contributed by atoms with van der Waals surface area (Å²) in [7, 11) is 0. The summed E-state index contributed by atoms with van der Waals surface area (Å²) in [4.78, 5) is 0. The van der Waals surface area contributed by atoms with E-state index in [0.717, 1.165) is 4.47 Å². The topological polar surface area (TPSA) is 32.6 Å². The van der Waals surface area contributed by atoms with E-state index in [9.17, 15) is 0 Å². The molecule has 0 radical (unpaired) electrons. The Labute approximate surface area is 77.6 Å². The molecular formula is C7H5BrClNO. The fourth-order valence-electron chi connectivity index (χ4n) is 0.645. The summed E-state index contributed by atoms with van der Waals surface area (Å²) in [6.07, 6.45) is 0. The van der Waals surface area contributed by atoms with E-state index < -0.39 is 0 Å². The largest absolute Gasteiger partial charge is 0.410 e. The monoisotopic (exact) mass is 233 g/mol. The van der Waals surface area contributed by atoms with Crippen LogP contribution in [-0.4, -0.2) is 10.4 Å². The molecule has 0 bridgehead atoms. The van der Waals surface area contributed by atoms with Crippen molar-refractivity contribution in [2.45, 2.75) is 0 Å². The van der Waals surface area contributed by atoms with Crippen molar-refractivity contribution in [1.82, 2.24) is 0 Å². The highest BCUT2D eigenvalue weighted by atomic mass is 79.9. The summed E-state index contributed by atoms with van der Waals surface area (Å²) >= 11 is 8.80. The summed E-state index contributed by atoms with van der Waals surface area (Å²) in [5.41, 5.74) is 0.692. The molecular weight excluding hydrogens is 229 g/mol. The van der Waals surface area contributed by atoms with Crippen LogP contribution in [0.15, 0.2) is 33.9 Å². The molecule has 2 nitrogen and oxygen atoms in total. The van der Waals surface area contributed by atoms with Crippen LogP contribution in [-0.2, 0) is 0 Å². The molecule has 0 spiro atoms. The molecule has 0 heterocycles. The van der Waals surface area contributed by atoms with Crippen LogP contribution in [0.4, 0.5) is 0 Å². The molecule has 58 valence electrons. The van der Waals surface area contributed by atoms with Gasteiger partial charge in [-0.3, -0.25) is 0 Å². The molecule has 0 saturated carbocycles. The SMILES string of the molecule is ON=C(Cl)c1ccc(Br)cc1. The molecule has 0 aliphatic carbocycles. The predicted molar refractivity (Wildman–Crippen MR) is 48.3 cm³/mol. The highest BCUT2D eigenvalue weighted by Gasteiger charge is 1.97. The van der Waals surface area contributed by atoms with Gasteiger partial charge in [-0.15, -0.1) is 0 Å². The van der Waals surface area contributed by atoms with E-state index in [1.165, 1.54) is 0 Å². The van der Waals surface area contributed by atoms with Gasteiger partial charge in [-0.1, -0.05) is 44.8 Å². The second kappa shape index (κ2) is 3.74. The van der Waals surface area contributed by atoms with Crippen LogP contribution in [0.5, 0.6) is 0 Å². The minimum Gasteiger partial charge on any atom is -0.410 e. The van der Waals surface area contributed by atoms with E-state index in [1.807, 2.05) is 12.1 Å². The van der Waals surface area contributed by atoms with Gasteiger partial charge < -0.3 is 5.21 Å². The molecule has 0 unspecified atom stereocenters. The Bertz CT molecular complexity index is 270. The van der Waals surface area contributed by atoms with Crippen molar-refractivity contribution in [3.63, 3.8) is 0 Å². The van der Waals surface area contributed by atoms with E-state index >= 15 is 0 Å². The van der Waals surface area contributed by atoms with Crippen LogP contribution in [0, 0.1) is 0 Å². The van der Waals surface area contributed by atoms with Crippen LogP contribution < -0.4 is 0 Å². The van der Waals surface area contributed by atoms with Gasteiger partial charge in [-0.05, 0) is 12.1 Å². The third-order valence-corrected chi connectivity index (χ3v) is 1.99. The normalized spacial score (nSPS) is 11.6. The van der Waals surface area contributed by atoms with Crippen LogP contribution in [0.25, 0.3) is 0 Å². The van der Waals surface area contributed by atoms with E-state index in [4.69, 9.17) is 16.8 Å². The van der Waals surface area contributed by atoms with Gasteiger partial charge in [-0.2, -0.15) is 0 Å². The third kappa shape index (κ3) is 2.20. The lowest BCUT2D eigenvalue weighted by molar-refractivity contribution is 0.321. The summed E-state index contributed by atoms with van der Waals surface area (Å²) in [5, 5.41) is 11.3. The zero-order valence-corrected chi connectivity index (χ0v) is 7.80. The Balaban J connectivity index is 2.99. The summed E-state index contributed by atoms with van der Waals surface area (Å²) < 4.78 is 0.962. The summed E-state index contributed by atoms with van der Waals surface area (Å²) in [5.74, 6) is 0. The lowest BCUT2D eigenvalue weighted by Gasteiger charge is -1.94. The predicted octanol–water partition coefficient (Wildman–Crippen LogP) is 2.82. The molecule has 0 saturated heterocycles. The first kappa shape index (κ1) is 8.56. The molecule has 11 heavy (non-hydrogen) atoms. The number of nitrogens with zero attached hydrogens (tertiary/aromatic N) is 1. The van der Waals surface area contributed by atoms with Gasteiger partial charge in [0.15, 0.2) is 5.17 Å². The number of hydrogen-bond acceptors (Lipinski definition) is 2. The highest BCUT2D eigenvalue weighted by molar-refractivity contribution is 9.10. The van der Waals surface area contributed by atoms with E-state index in [2.05, 4.69) is 21.1 Å². The molecule has 1 N–H and O–H groups in total. The minimum atomic E-state index is 0.0949. The van der Waals surface area contributed by atoms with Crippen LogP contribution in [0.1, 0.15) is 5.56 Å². The standard InChI is InChI=1S/C7H5BrClNO/c8-6-3-1-5(2-4-6)7(9)10-11/h1-4,11H. The van der Waals surface area contributed by atoms with Gasteiger partial charge in [0.05, 0.1) is 0 Å². The molecule has 0 fully saturated rings. The van der Waals surface area contributed by atoms with Gasteiger partial charge in [0, 0.05) is 10.0 Å². The molecule has 0 amide bonds. The molecule has 0 atom stereocenters. The number of oxime groups is 1. The van der Waals surface area contributed by atoms with Crippen molar-refractivity contribution >= 4 is 32.7 Å². The minimum absolute atomic E-state index is 0.0949. The van der Waals surface area contributed by atoms with E-state index in [0.29, 0.717) is 5.56 Å². The summed E-state index contributed by atoms with van der Waals surface area (Å²) in [6, 6.07) is 7.16. The van der Waals surface area contributed by atoms with Crippen molar-refractivity contribution in [2.24, 2.45) is 5.16 Å². The highest BCUT2D eigenvalue weighted by Crippen LogP contribution is 2.12. The molecule has 0 aromatic heterocycles. The zero-order valence-electron chi connectivity index (χ0n) is 5.46. The molecule has 0 aliphatic rings.